The van der Waals surface area contributed by atoms with Crippen LogP contribution in [0.4, 0.5) is 0 Å². The molecule has 0 saturated heterocycles. The Bertz CT molecular complexity index is 576. The van der Waals surface area contributed by atoms with E-state index >= 15 is 0 Å². The Kier molecular flexibility index (Phi) is 4.78. The number of thiazole rings is 1. The zero-order valence-corrected chi connectivity index (χ0v) is 13.2. The number of hydrogen-bond donors (Lipinski definition) is 1. The standard InChI is InChI=1S/C16H21NO2S/c1-10(2)16-17-14(9-20-16)8-19-15-6-5-13(12(4)18)7-11(15)3/h5-7,9-10,12,18H,8H2,1-4H3. The number of nitrogens with zero attached hydrogens (tertiary/aromatic N) is 1. The van der Waals surface area contributed by atoms with Crippen molar-refractivity contribution in [1.29, 1.82) is 0 Å². The normalized spacial score (nSPS) is 12.7. The van der Waals surface area contributed by atoms with Crippen LogP contribution in [-0.2, 0) is 6.61 Å². The van der Waals surface area contributed by atoms with Gasteiger partial charge < -0.3 is 9.84 Å². The second kappa shape index (κ2) is 6.37. The average Bonchev–Trinajstić information content (AvgIpc) is 2.86. The first-order chi connectivity index (χ1) is 9.47. The molecule has 0 amide bonds. The maximum Gasteiger partial charge on any atom is 0.131 e. The van der Waals surface area contributed by atoms with Crippen LogP contribution in [0.1, 0.15) is 54.6 Å². The maximum atomic E-state index is 9.55. The van der Waals surface area contributed by atoms with Crippen LogP contribution in [0.2, 0.25) is 0 Å². The zero-order chi connectivity index (χ0) is 14.7. The number of hydrogen-bond acceptors (Lipinski definition) is 4. The van der Waals surface area contributed by atoms with Gasteiger partial charge in [0, 0.05) is 11.3 Å². The van der Waals surface area contributed by atoms with Crippen LogP contribution in [-0.4, -0.2) is 10.1 Å². The summed E-state index contributed by atoms with van der Waals surface area (Å²) in [5.74, 6) is 1.30. The van der Waals surface area contributed by atoms with Crippen LogP contribution in [0.25, 0.3) is 0 Å². The Morgan fingerprint density at radius 1 is 1.30 bits per heavy atom. The minimum absolute atomic E-state index is 0.449. The van der Waals surface area contributed by atoms with Crippen LogP contribution in [0.3, 0.4) is 0 Å². The molecular formula is C16H21NO2S. The molecular weight excluding hydrogens is 270 g/mol. The molecule has 2 rings (SSSR count). The third-order valence-corrected chi connectivity index (χ3v) is 4.31. The van der Waals surface area contributed by atoms with Gasteiger partial charge in [-0.15, -0.1) is 11.3 Å². The monoisotopic (exact) mass is 291 g/mol. The lowest BCUT2D eigenvalue weighted by Gasteiger charge is -2.11. The predicted octanol–water partition coefficient (Wildman–Crippen LogP) is 4.21. The lowest BCUT2D eigenvalue weighted by Crippen LogP contribution is -1.99. The molecule has 0 aliphatic carbocycles. The molecule has 0 saturated carbocycles. The van der Waals surface area contributed by atoms with E-state index in [9.17, 15) is 5.11 Å². The quantitative estimate of drug-likeness (QED) is 0.897. The summed E-state index contributed by atoms with van der Waals surface area (Å²) in [6.45, 7) is 8.52. The Morgan fingerprint density at radius 2 is 2.05 bits per heavy atom. The highest BCUT2D eigenvalue weighted by Gasteiger charge is 2.08. The number of aliphatic hydroxyl groups excluding tert-OH is 1. The third-order valence-electron chi connectivity index (χ3n) is 3.12. The summed E-state index contributed by atoms with van der Waals surface area (Å²) in [5, 5.41) is 12.7. The zero-order valence-electron chi connectivity index (χ0n) is 12.4. The summed E-state index contributed by atoms with van der Waals surface area (Å²) in [6, 6.07) is 5.77. The smallest absolute Gasteiger partial charge is 0.131 e. The maximum absolute atomic E-state index is 9.55. The Hall–Kier alpha value is -1.39. The second-order valence-corrected chi connectivity index (χ2v) is 6.21. The summed E-state index contributed by atoms with van der Waals surface area (Å²) < 4.78 is 5.81. The van der Waals surface area contributed by atoms with Gasteiger partial charge in [-0.25, -0.2) is 4.98 Å². The lowest BCUT2D eigenvalue weighted by atomic mass is 10.1. The largest absolute Gasteiger partial charge is 0.487 e. The van der Waals surface area contributed by atoms with Crippen molar-refractivity contribution in [2.45, 2.75) is 46.3 Å². The molecule has 2 aromatic rings. The van der Waals surface area contributed by atoms with Gasteiger partial charge in [0.1, 0.15) is 12.4 Å². The van der Waals surface area contributed by atoms with Gasteiger partial charge in [0.2, 0.25) is 0 Å². The first-order valence-corrected chi connectivity index (χ1v) is 7.71. The number of ether oxygens (including phenoxy) is 1. The van der Waals surface area contributed by atoms with E-state index in [0.29, 0.717) is 12.5 Å². The van der Waals surface area contributed by atoms with Gasteiger partial charge >= 0.3 is 0 Å². The van der Waals surface area contributed by atoms with Crippen LogP contribution in [0, 0.1) is 6.92 Å². The highest BCUT2D eigenvalue weighted by atomic mass is 32.1. The van der Waals surface area contributed by atoms with Gasteiger partial charge in [-0.2, -0.15) is 0 Å². The molecule has 1 atom stereocenters. The number of rotatable bonds is 5. The molecule has 0 aliphatic rings. The van der Waals surface area contributed by atoms with Crippen molar-refractivity contribution >= 4 is 11.3 Å². The molecule has 20 heavy (non-hydrogen) atoms. The van der Waals surface area contributed by atoms with E-state index in [1.165, 1.54) is 0 Å². The molecule has 1 N–H and O–H groups in total. The highest BCUT2D eigenvalue weighted by Crippen LogP contribution is 2.24. The van der Waals surface area contributed by atoms with Gasteiger partial charge in [0.25, 0.3) is 0 Å². The van der Waals surface area contributed by atoms with E-state index in [1.54, 1.807) is 18.3 Å². The van der Waals surface area contributed by atoms with Gasteiger partial charge in [-0.3, -0.25) is 0 Å². The fraction of sp³-hybridized carbons (Fsp3) is 0.438. The Morgan fingerprint density at radius 3 is 2.60 bits per heavy atom. The van der Waals surface area contributed by atoms with Crippen molar-refractivity contribution in [3.63, 3.8) is 0 Å². The minimum atomic E-state index is -0.449. The SMILES string of the molecule is Cc1cc(C(C)O)ccc1OCc1csc(C(C)C)n1. The van der Waals surface area contributed by atoms with Crippen molar-refractivity contribution in [3.05, 3.63) is 45.4 Å². The van der Waals surface area contributed by atoms with Crippen molar-refractivity contribution < 1.29 is 9.84 Å². The Balaban J connectivity index is 2.03. The molecule has 1 unspecified atom stereocenters. The summed E-state index contributed by atoms with van der Waals surface area (Å²) >= 11 is 1.68. The van der Waals surface area contributed by atoms with Gasteiger partial charge in [-0.1, -0.05) is 19.9 Å². The van der Waals surface area contributed by atoms with Crippen molar-refractivity contribution in [2.24, 2.45) is 0 Å². The molecule has 3 nitrogen and oxygen atoms in total. The minimum Gasteiger partial charge on any atom is -0.487 e. The third kappa shape index (κ3) is 3.58. The van der Waals surface area contributed by atoms with Crippen LogP contribution >= 0.6 is 11.3 Å². The predicted molar refractivity (Wildman–Crippen MR) is 82.3 cm³/mol. The lowest BCUT2D eigenvalue weighted by molar-refractivity contribution is 0.199. The summed E-state index contributed by atoms with van der Waals surface area (Å²) in [4.78, 5) is 4.55. The molecule has 0 aliphatic heterocycles. The van der Waals surface area contributed by atoms with Crippen molar-refractivity contribution in [2.75, 3.05) is 0 Å². The molecule has 108 valence electrons. The number of aromatic nitrogens is 1. The van der Waals surface area contributed by atoms with E-state index in [4.69, 9.17) is 4.74 Å². The molecule has 4 heteroatoms. The fourth-order valence-electron chi connectivity index (χ4n) is 1.90. The number of aryl methyl sites for hydroxylation is 1. The van der Waals surface area contributed by atoms with Crippen LogP contribution in [0.5, 0.6) is 5.75 Å². The fourth-order valence-corrected chi connectivity index (χ4v) is 2.72. The van der Waals surface area contributed by atoms with Crippen molar-refractivity contribution in [3.8, 4) is 5.75 Å². The summed E-state index contributed by atoms with van der Waals surface area (Å²) in [6.07, 6.45) is -0.449. The van der Waals surface area contributed by atoms with Gasteiger partial charge in [0.15, 0.2) is 0 Å². The topological polar surface area (TPSA) is 42.4 Å². The molecule has 0 spiro atoms. The van der Waals surface area contributed by atoms with E-state index < -0.39 is 6.10 Å². The average molecular weight is 291 g/mol. The van der Waals surface area contributed by atoms with Crippen molar-refractivity contribution in [1.82, 2.24) is 4.98 Å². The highest BCUT2D eigenvalue weighted by molar-refractivity contribution is 7.09. The molecule has 1 aromatic carbocycles. The molecule has 1 heterocycles. The molecule has 0 radical (unpaired) electrons. The van der Waals surface area contributed by atoms with E-state index in [-0.39, 0.29) is 0 Å². The first kappa shape index (κ1) is 15.0. The Labute approximate surface area is 124 Å². The molecule has 0 fully saturated rings. The molecule has 1 aromatic heterocycles. The van der Waals surface area contributed by atoms with E-state index in [2.05, 4.69) is 24.2 Å². The van der Waals surface area contributed by atoms with Crippen LogP contribution in [0.15, 0.2) is 23.6 Å². The van der Waals surface area contributed by atoms with Crippen LogP contribution < -0.4 is 4.74 Å². The summed E-state index contributed by atoms with van der Waals surface area (Å²) in [5.41, 5.74) is 2.91. The first-order valence-electron chi connectivity index (χ1n) is 6.83. The number of benzene rings is 1. The molecule has 0 bridgehead atoms. The van der Waals surface area contributed by atoms with Gasteiger partial charge in [-0.05, 0) is 37.1 Å². The van der Waals surface area contributed by atoms with E-state index in [1.807, 2.05) is 25.1 Å². The second-order valence-electron chi connectivity index (χ2n) is 5.32. The number of aliphatic hydroxyl groups is 1. The van der Waals surface area contributed by atoms with Gasteiger partial charge in [0.05, 0.1) is 16.8 Å². The van der Waals surface area contributed by atoms with E-state index in [0.717, 1.165) is 27.6 Å². The summed E-state index contributed by atoms with van der Waals surface area (Å²) in [7, 11) is 0.